The van der Waals surface area contributed by atoms with Gasteiger partial charge in [0, 0.05) is 23.0 Å². The van der Waals surface area contributed by atoms with E-state index in [1.54, 1.807) is 0 Å². The molecule has 12 heteroatoms. The number of carbonyl (C=O) groups is 1. The van der Waals surface area contributed by atoms with E-state index in [4.69, 9.17) is 10.3 Å². The number of aromatic nitrogens is 1. The number of amides is 2. The molecule has 0 saturated heterocycles. The van der Waals surface area contributed by atoms with Crippen molar-refractivity contribution >= 4 is 34.2 Å². The first-order chi connectivity index (χ1) is 15.6. The summed E-state index contributed by atoms with van der Waals surface area (Å²) < 4.78 is 75.4. The van der Waals surface area contributed by atoms with Crippen LogP contribution in [-0.4, -0.2) is 17.6 Å². The van der Waals surface area contributed by atoms with Gasteiger partial charge in [0.15, 0.2) is 11.4 Å². The Labute approximate surface area is 181 Å². The average Bonchev–Trinajstić information content (AvgIpc) is 3.08. The molecule has 0 aliphatic heterocycles. The van der Waals surface area contributed by atoms with Gasteiger partial charge in [-0.05, 0) is 30.3 Å². The summed E-state index contributed by atoms with van der Waals surface area (Å²) in [6, 6.07) is 9.80. The molecule has 0 spiro atoms. The molecule has 0 atom stereocenters. The lowest BCUT2D eigenvalue weighted by Gasteiger charge is -2.12. The summed E-state index contributed by atoms with van der Waals surface area (Å²) in [6.07, 6.45) is -4.90. The summed E-state index contributed by atoms with van der Waals surface area (Å²) in [7, 11) is 0. The van der Waals surface area contributed by atoms with E-state index in [-0.39, 0.29) is 33.7 Å². The summed E-state index contributed by atoms with van der Waals surface area (Å²) >= 11 is 0. The van der Waals surface area contributed by atoms with E-state index in [0.29, 0.717) is 0 Å². The number of nitrogens with two attached hydrogens (primary N) is 1. The smallest absolute Gasteiger partial charge is 0.406 e. The van der Waals surface area contributed by atoms with Crippen molar-refractivity contribution in [1.82, 2.24) is 5.16 Å². The van der Waals surface area contributed by atoms with Crippen LogP contribution in [0, 0.1) is 11.6 Å². The number of alkyl halides is 3. The average molecular weight is 464 g/mol. The standard InChI is InChI=1S/C21H13F5N4O3/c22-14-8-11(29-20(31)28-10-3-1-4-12(7-10)32-21(24,25)26)9-15(23)17(14)13-5-2-6-16-18(13)19(27)30-33-16/h1-9H,(H2,27,30)(H2,28,29,31). The third-order valence-electron chi connectivity index (χ3n) is 4.42. The number of rotatable bonds is 4. The molecule has 0 bridgehead atoms. The third kappa shape index (κ3) is 4.79. The molecule has 7 nitrogen and oxygen atoms in total. The zero-order valence-corrected chi connectivity index (χ0v) is 16.3. The molecule has 0 fully saturated rings. The summed E-state index contributed by atoms with van der Waals surface area (Å²) in [6.45, 7) is 0. The molecule has 4 aromatic rings. The fraction of sp³-hybridized carbons (Fsp3) is 0.0476. The topological polar surface area (TPSA) is 102 Å². The fourth-order valence-corrected chi connectivity index (χ4v) is 3.19. The minimum absolute atomic E-state index is 0.0403. The van der Waals surface area contributed by atoms with Crippen molar-refractivity contribution in [2.24, 2.45) is 0 Å². The van der Waals surface area contributed by atoms with E-state index in [1.165, 1.54) is 30.3 Å². The maximum atomic E-state index is 14.8. The van der Waals surface area contributed by atoms with Crippen molar-refractivity contribution in [3.05, 3.63) is 66.2 Å². The Hall–Kier alpha value is -4.35. The van der Waals surface area contributed by atoms with Crippen LogP contribution < -0.4 is 21.1 Å². The normalized spacial score (nSPS) is 11.4. The van der Waals surface area contributed by atoms with Gasteiger partial charge in [0.05, 0.1) is 10.9 Å². The van der Waals surface area contributed by atoms with Crippen LogP contribution in [0.1, 0.15) is 0 Å². The Balaban J connectivity index is 1.55. The Morgan fingerprint density at radius 1 is 0.970 bits per heavy atom. The van der Waals surface area contributed by atoms with Gasteiger partial charge in [-0.2, -0.15) is 0 Å². The quantitative estimate of drug-likeness (QED) is 0.327. The Bertz CT molecular complexity index is 1330. The summed E-state index contributed by atoms with van der Waals surface area (Å²) in [5, 5.41) is 8.28. The molecule has 0 aliphatic rings. The molecule has 0 unspecified atom stereocenters. The number of ether oxygens (including phenoxy) is 1. The van der Waals surface area contributed by atoms with Crippen LogP contribution in [0.2, 0.25) is 0 Å². The highest BCUT2D eigenvalue weighted by atomic mass is 19.4. The number of halogens is 5. The van der Waals surface area contributed by atoms with Gasteiger partial charge in [-0.25, -0.2) is 13.6 Å². The zero-order chi connectivity index (χ0) is 23.8. The summed E-state index contributed by atoms with van der Waals surface area (Å²) in [5.41, 5.74) is 5.41. The second-order valence-electron chi connectivity index (χ2n) is 6.72. The van der Waals surface area contributed by atoms with E-state index < -0.39 is 35.3 Å². The first-order valence-electron chi connectivity index (χ1n) is 9.18. The van der Waals surface area contributed by atoms with Crippen molar-refractivity contribution in [2.45, 2.75) is 6.36 Å². The van der Waals surface area contributed by atoms with Gasteiger partial charge in [0.1, 0.15) is 17.4 Å². The number of hydrogen-bond donors (Lipinski definition) is 3. The first-order valence-corrected chi connectivity index (χ1v) is 9.18. The minimum Gasteiger partial charge on any atom is -0.406 e. The maximum absolute atomic E-state index is 14.8. The largest absolute Gasteiger partial charge is 0.573 e. The molecular weight excluding hydrogens is 451 g/mol. The molecule has 1 heterocycles. The fourth-order valence-electron chi connectivity index (χ4n) is 3.19. The monoisotopic (exact) mass is 464 g/mol. The molecule has 4 N–H and O–H groups in total. The molecule has 0 radical (unpaired) electrons. The number of nitrogen functional groups attached to an aromatic ring is 1. The molecule has 1 aromatic heterocycles. The van der Waals surface area contributed by atoms with E-state index >= 15 is 0 Å². The van der Waals surface area contributed by atoms with E-state index in [9.17, 15) is 26.7 Å². The summed E-state index contributed by atoms with van der Waals surface area (Å²) in [4.78, 5) is 12.2. The van der Waals surface area contributed by atoms with Crippen LogP contribution in [0.15, 0.2) is 59.1 Å². The number of nitrogens with zero attached hydrogens (tertiary/aromatic N) is 1. The highest BCUT2D eigenvalue weighted by molar-refractivity contribution is 6.02. The summed E-state index contributed by atoms with van der Waals surface area (Å²) in [5.74, 6) is -2.60. The second kappa shape index (κ2) is 8.30. The predicted octanol–water partition coefficient (Wildman–Crippen LogP) is 5.90. The number of hydrogen-bond acceptors (Lipinski definition) is 5. The number of benzene rings is 3. The van der Waals surface area contributed by atoms with Crippen LogP contribution >= 0.6 is 0 Å². The Kier molecular flexibility index (Phi) is 5.50. The predicted molar refractivity (Wildman–Crippen MR) is 110 cm³/mol. The first kappa shape index (κ1) is 21.9. The van der Waals surface area contributed by atoms with Crippen LogP contribution in [0.5, 0.6) is 5.75 Å². The van der Waals surface area contributed by atoms with Gasteiger partial charge in [0.2, 0.25) is 0 Å². The molecule has 0 aliphatic carbocycles. The minimum atomic E-state index is -4.90. The maximum Gasteiger partial charge on any atom is 0.573 e. The molecule has 3 aromatic carbocycles. The van der Waals surface area contributed by atoms with Gasteiger partial charge in [-0.3, -0.25) is 0 Å². The van der Waals surface area contributed by atoms with Gasteiger partial charge in [0.25, 0.3) is 0 Å². The number of anilines is 3. The molecule has 4 rings (SSSR count). The number of urea groups is 1. The van der Waals surface area contributed by atoms with Crippen LogP contribution in [0.3, 0.4) is 0 Å². The van der Waals surface area contributed by atoms with Gasteiger partial charge in [-0.1, -0.05) is 23.4 Å². The number of nitrogens with one attached hydrogen (secondary N) is 2. The zero-order valence-electron chi connectivity index (χ0n) is 16.3. The molecule has 2 amide bonds. The van der Waals surface area contributed by atoms with Gasteiger partial charge < -0.3 is 25.6 Å². The highest BCUT2D eigenvalue weighted by Gasteiger charge is 2.31. The highest BCUT2D eigenvalue weighted by Crippen LogP contribution is 2.36. The van der Waals surface area contributed by atoms with E-state index in [0.717, 1.165) is 24.3 Å². The van der Waals surface area contributed by atoms with Crippen LogP contribution in [-0.2, 0) is 0 Å². The van der Waals surface area contributed by atoms with Gasteiger partial charge >= 0.3 is 12.4 Å². The number of carbonyl (C=O) groups excluding carboxylic acids is 1. The second-order valence-corrected chi connectivity index (χ2v) is 6.72. The lowest BCUT2D eigenvalue weighted by atomic mass is 10.00. The van der Waals surface area contributed by atoms with Crippen molar-refractivity contribution < 1.29 is 36.0 Å². The van der Waals surface area contributed by atoms with Crippen molar-refractivity contribution in [3.63, 3.8) is 0 Å². The van der Waals surface area contributed by atoms with Gasteiger partial charge in [-0.15, -0.1) is 13.2 Å². The third-order valence-corrected chi connectivity index (χ3v) is 4.42. The molecular formula is C21H13F5N4O3. The van der Waals surface area contributed by atoms with E-state index in [2.05, 4.69) is 20.5 Å². The molecule has 0 saturated carbocycles. The lowest BCUT2D eigenvalue weighted by molar-refractivity contribution is -0.274. The van der Waals surface area contributed by atoms with Crippen molar-refractivity contribution in [3.8, 4) is 16.9 Å². The van der Waals surface area contributed by atoms with E-state index in [1.807, 2.05) is 0 Å². The molecule has 170 valence electrons. The Morgan fingerprint density at radius 3 is 2.33 bits per heavy atom. The van der Waals surface area contributed by atoms with Crippen LogP contribution in [0.25, 0.3) is 22.1 Å². The Morgan fingerprint density at radius 2 is 1.64 bits per heavy atom. The van der Waals surface area contributed by atoms with Crippen molar-refractivity contribution in [2.75, 3.05) is 16.4 Å². The molecule has 33 heavy (non-hydrogen) atoms. The van der Waals surface area contributed by atoms with Crippen LogP contribution in [0.4, 0.5) is 43.9 Å². The SMILES string of the molecule is Nc1noc2cccc(-c3c(F)cc(NC(=O)Nc4cccc(OC(F)(F)F)c4)cc3F)c12. The lowest BCUT2D eigenvalue weighted by Crippen LogP contribution is -2.20. The number of fused-ring (bicyclic) bond motifs is 1. The van der Waals surface area contributed by atoms with Crippen molar-refractivity contribution in [1.29, 1.82) is 0 Å².